The van der Waals surface area contributed by atoms with Gasteiger partial charge in [-0.1, -0.05) is 30.3 Å². The number of carbonyl (C=O) groups is 1. The van der Waals surface area contributed by atoms with Crippen LogP contribution in [0.4, 0.5) is 10.1 Å². The zero-order valence-electron chi connectivity index (χ0n) is 17.2. The maximum atomic E-state index is 13.4. The molecular weight excluding hydrogens is 395 g/mol. The molecule has 1 N–H and O–H groups in total. The third kappa shape index (κ3) is 4.45. The third-order valence-corrected chi connectivity index (χ3v) is 4.70. The Morgan fingerprint density at radius 3 is 2.55 bits per heavy atom. The van der Waals surface area contributed by atoms with Gasteiger partial charge >= 0.3 is 6.01 Å². The number of anilines is 1. The Balaban J connectivity index is 1.63. The topological polar surface area (TPSA) is 69.0 Å². The second-order valence-corrected chi connectivity index (χ2v) is 6.89. The largest absolute Gasteiger partial charge is 0.463 e. The van der Waals surface area contributed by atoms with Gasteiger partial charge in [-0.05, 0) is 61.9 Å². The lowest BCUT2D eigenvalue weighted by atomic mass is 10.1. The summed E-state index contributed by atoms with van der Waals surface area (Å²) >= 11 is 0. The third-order valence-electron chi connectivity index (χ3n) is 4.70. The van der Waals surface area contributed by atoms with Crippen molar-refractivity contribution in [3.05, 3.63) is 89.7 Å². The van der Waals surface area contributed by atoms with Crippen LogP contribution in [0.5, 0.6) is 6.01 Å². The number of ether oxygens (including phenoxy) is 1. The highest BCUT2D eigenvalue weighted by Crippen LogP contribution is 2.27. The van der Waals surface area contributed by atoms with E-state index in [1.165, 1.54) is 18.2 Å². The van der Waals surface area contributed by atoms with Gasteiger partial charge in [0, 0.05) is 16.8 Å². The van der Waals surface area contributed by atoms with Gasteiger partial charge in [0.15, 0.2) is 5.82 Å². The van der Waals surface area contributed by atoms with Gasteiger partial charge < -0.3 is 10.1 Å². The van der Waals surface area contributed by atoms with Crippen LogP contribution in [0.1, 0.15) is 22.8 Å². The quantitative estimate of drug-likeness (QED) is 0.479. The number of nitrogens with one attached hydrogen (secondary N) is 1. The van der Waals surface area contributed by atoms with Crippen LogP contribution in [0.2, 0.25) is 0 Å². The first-order valence-corrected chi connectivity index (χ1v) is 9.88. The van der Waals surface area contributed by atoms with Gasteiger partial charge in [-0.25, -0.2) is 9.07 Å². The Bertz CT molecular complexity index is 1220. The molecule has 156 valence electrons. The normalized spacial score (nSPS) is 10.7. The standard InChI is InChI=1S/C24H21FN4O2/c1-3-31-24-27-22(21-10-5-4-7-16(21)2)29(28-24)20-13-11-19(12-14-20)26-23(30)17-8-6-9-18(25)15-17/h4-15H,3H2,1-2H3,(H,26,30). The van der Waals surface area contributed by atoms with Crippen molar-refractivity contribution in [3.8, 4) is 23.1 Å². The maximum Gasteiger partial charge on any atom is 0.336 e. The molecule has 0 aliphatic heterocycles. The maximum absolute atomic E-state index is 13.4. The van der Waals surface area contributed by atoms with Crippen molar-refractivity contribution in [3.63, 3.8) is 0 Å². The van der Waals surface area contributed by atoms with E-state index in [9.17, 15) is 9.18 Å². The smallest absolute Gasteiger partial charge is 0.336 e. The van der Waals surface area contributed by atoms with Crippen molar-refractivity contribution >= 4 is 11.6 Å². The molecule has 0 aliphatic carbocycles. The summed E-state index contributed by atoms with van der Waals surface area (Å²) in [4.78, 5) is 16.9. The molecule has 0 fully saturated rings. The fraction of sp³-hybridized carbons (Fsp3) is 0.125. The van der Waals surface area contributed by atoms with Crippen LogP contribution in [0.25, 0.3) is 17.1 Å². The number of aryl methyl sites for hydroxylation is 1. The fourth-order valence-electron chi connectivity index (χ4n) is 3.18. The number of hydrogen-bond acceptors (Lipinski definition) is 4. The summed E-state index contributed by atoms with van der Waals surface area (Å²) in [5, 5.41) is 7.26. The summed E-state index contributed by atoms with van der Waals surface area (Å²) in [7, 11) is 0. The first kappa shape index (κ1) is 20.3. The molecule has 1 aromatic heterocycles. The molecule has 0 unspecified atom stereocenters. The molecule has 6 nitrogen and oxygen atoms in total. The number of nitrogens with zero attached hydrogens (tertiary/aromatic N) is 3. The zero-order chi connectivity index (χ0) is 21.8. The molecule has 0 aliphatic rings. The molecule has 3 aromatic carbocycles. The van der Waals surface area contributed by atoms with E-state index in [-0.39, 0.29) is 11.5 Å². The van der Waals surface area contributed by atoms with Gasteiger partial charge in [0.25, 0.3) is 5.91 Å². The summed E-state index contributed by atoms with van der Waals surface area (Å²) in [6, 6.07) is 20.9. The van der Waals surface area contributed by atoms with E-state index in [0.717, 1.165) is 16.8 Å². The van der Waals surface area contributed by atoms with E-state index in [4.69, 9.17) is 4.74 Å². The van der Waals surface area contributed by atoms with Gasteiger partial charge in [-0.15, -0.1) is 5.10 Å². The number of amides is 1. The first-order valence-electron chi connectivity index (χ1n) is 9.88. The molecule has 0 atom stereocenters. The van der Waals surface area contributed by atoms with Crippen molar-refractivity contribution in [2.45, 2.75) is 13.8 Å². The van der Waals surface area contributed by atoms with E-state index >= 15 is 0 Å². The summed E-state index contributed by atoms with van der Waals surface area (Å²) in [6.07, 6.45) is 0. The summed E-state index contributed by atoms with van der Waals surface area (Å²) < 4.78 is 20.6. The van der Waals surface area contributed by atoms with E-state index in [1.54, 1.807) is 22.9 Å². The Morgan fingerprint density at radius 2 is 1.84 bits per heavy atom. The minimum Gasteiger partial charge on any atom is -0.463 e. The number of carbonyl (C=O) groups excluding carboxylic acids is 1. The summed E-state index contributed by atoms with van der Waals surface area (Å²) in [5.74, 6) is -0.173. The highest BCUT2D eigenvalue weighted by molar-refractivity contribution is 6.04. The first-order chi connectivity index (χ1) is 15.0. The average Bonchev–Trinajstić information content (AvgIpc) is 3.18. The molecule has 31 heavy (non-hydrogen) atoms. The van der Waals surface area contributed by atoms with Crippen LogP contribution in [0.3, 0.4) is 0 Å². The van der Waals surface area contributed by atoms with Gasteiger partial charge in [-0.2, -0.15) is 4.98 Å². The van der Waals surface area contributed by atoms with Crippen molar-refractivity contribution in [2.24, 2.45) is 0 Å². The molecule has 4 aromatic rings. The zero-order valence-corrected chi connectivity index (χ0v) is 17.2. The average molecular weight is 416 g/mol. The predicted molar refractivity (Wildman–Crippen MR) is 117 cm³/mol. The van der Waals surface area contributed by atoms with Crippen molar-refractivity contribution in [2.75, 3.05) is 11.9 Å². The molecular formula is C24H21FN4O2. The monoisotopic (exact) mass is 416 g/mol. The van der Waals surface area contributed by atoms with Crippen LogP contribution < -0.4 is 10.1 Å². The van der Waals surface area contributed by atoms with Crippen LogP contribution in [0.15, 0.2) is 72.8 Å². The second-order valence-electron chi connectivity index (χ2n) is 6.89. The van der Waals surface area contributed by atoms with Crippen LogP contribution >= 0.6 is 0 Å². The van der Waals surface area contributed by atoms with Gasteiger partial charge in [0.1, 0.15) is 5.82 Å². The van der Waals surface area contributed by atoms with E-state index in [2.05, 4.69) is 15.4 Å². The number of rotatable bonds is 6. The number of halogens is 1. The molecule has 4 rings (SSSR count). The lowest BCUT2D eigenvalue weighted by molar-refractivity contribution is 0.102. The molecule has 0 saturated heterocycles. The van der Waals surface area contributed by atoms with Crippen molar-refractivity contribution in [1.82, 2.24) is 14.8 Å². The minimum atomic E-state index is -0.456. The molecule has 0 radical (unpaired) electrons. The second kappa shape index (κ2) is 8.79. The highest BCUT2D eigenvalue weighted by atomic mass is 19.1. The lowest BCUT2D eigenvalue weighted by Crippen LogP contribution is -2.12. The number of hydrogen-bond donors (Lipinski definition) is 1. The number of benzene rings is 3. The van der Waals surface area contributed by atoms with Gasteiger partial charge in [-0.3, -0.25) is 4.79 Å². The summed E-state index contributed by atoms with van der Waals surface area (Å²) in [6.45, 7) is 4.35. The van der Waals surface area contributed by atoms with Crippen LogP contribution in [-0.2, 0) is 0 Å². The van der Waals surface area contributed by atoms with E-state index in [1.807, 2.05) is 50.2 Å². The Morgan fingerprint density at radius 1 is 1.06 bits per heavy atom. The van der Waals surface area contributed by atoms with Crippen molar-refractivity contribution in [1.29, 1.82) is 0 Å². The van der Waals surface area contributed by atoms with Crippen LogP contribution in [-0.4, -0.2) is 27.3 Å². The SMILES string of the molecule is CCOc1nc(-c2ccccc2C)n(-c2ccc(NC(=O)c3cccc(F)c3)cc2)n1. The number of aromatic nitrogens is 3. The molecule has 7 heteroatoms. The summed E-state index contributed by atoms with van der Waals surface area (Å²) in [5.41, 5.74) is 3.62. The van der Waals surface area contributed by atoms with Crippen molar-refractivity contribution < 1.29 is 13.9 Å². The van der Waals surface area contributed by atoms with Gasteiger partial charge in [0.2, 0.25) is 0 Å². The van der Waals surface area contributed by atoms with E-state index < -0.39 is 5.82 Å². The Hall–Kier alpha value is -4.00. The molecule has 1 amide bonds. The van der Waals surface area contributed by atoms with Gasteiger partial charge in [0.05, 0.1) is 12.3 Å². The lowest BCUT2D eigenvalue weighted by Gasteiger charge is -2.09. The minimum absolute atomic E-state index is 0.253. The molecule has 0 saturated carbocycles. The fourth-order valence-corrected chi connectivity index (χ4v) is 3.18. The Kier molecular flexibility index (Phi) is 5.75. The van der Waals surface area contributed by atoms with E-state index in [0.29, 0.717) is 24.1 Å². The Labute approximate surface area is 179 Å². The predicted octanol–water partition coefficient (Wildman–Crippen LogP) is 5.03. The molecule has 0 bridgehead atoms. The molecule has 0 spiro atoms. The highest BCUT2D eigenvalue weighted by Gasteiger charge is 2.16. The molecule has 1 heterocycles. The van der Waals surface area contributed by atoms with Crippen LogP contribution in [0, 0.1) is 12.7 Å².